The van der Waals surface area contributed by atoms with E-state index in [-0.39, 0.29) is 6.10 Å². The zero-order chi connectivity index (χ0) is 5.98. The molecule has 0 amide bonds. The maximum absolute atomic E-state index is 8.88. The van der Waals surface area contributed by atoms with Gasteiger partial charge in [0.1, 0.15) is 0 Å². The van der Waals surface area contributed by atoms with Gasteiger partial charge in [-0.1, -0.05) is 0 Å². The van der Waals surface area contributed by atoms with E-state index < -0.39 is 0 Å². The standard InChI is InChI=1S/C6H9NO/c1-5(8)6-3-2-4-7-6/h2-5,7-8H,1H3/t5-/m0/s1. The molecule has 0 aliphatic heterocycles. The minimum atomic E-state index is -0.370. The van der Waals surface area contributed by atoms with E-state index in [1.807, 2.05) is 12.1 Å². The third-order valence-corrected chi connectivity index (χ3v) is 1.07. The van der Waals surface area contributed by atoms with Gasteiger partial charge in [0.05, 0.1) is 6.10 Å². The molecule has 1 atom stereocenters. The Bertz CT molecular complexity index is 144. The van der Waals surface area contributed by atoms with Gasteiger partial charge in [-0.15, -0.1) is 0 Å². The number of hydrogen-bond donors (Lipinski definition) is 2. The average molecular weight is 111 g/mol. The first-order chi connectivity index (χ1) is 3.80. The number of aromatic amines is 1. The fourth-order valence-corrected chi connectivity index (χ4v) is 0.604. The predicted octanol–water partition coefficient (Wildman–Crippen LogP) is 1.07. The van der Waals surface area contributed by atoms with Crippen molar-refractivity contribution in [3.8, 4) is 0 Å². The van der Waals surface area contributed by atoms with Gasteiger partial charge in [-0.3, -0.25) is 0 Å². The van der Waals surface area contributed by atoms with Crippen molar-refractivity contribution in [2.45, 2.75) is 13.0 Å². The summed E-state index contributed by atoms with van der Waals surface area (Å²) in [6.07, 6.45) is 1.42. The zero-order valence-electron chi connectivity index (χ0n) is 4.76. The molecule has 0 saturated carbocycles. The van der Waals surface area contributed by atoms with Gasteiger partial charge in [0.2, 0.25) is 0 Å². The van der Waals surface area contributed by atoms with Gasteiger partial charge >= 0.3 is 0 Å². The van der Waals surface area contributed by atoms with Crippen LogP contribution in [-0.4, -0.2) is 10.1 Å². The quantitative estimate of drug-likeness (QED) is 0.558. The van der Waals surface area contributed by atoms with Gasteiger partial charge in [0, 0.05) is 11.9 Å². The first kappa shape index (κ1) is 5.38. The van der Waals surface area contributed by atoms with E-state index in [2.05, 4.69) is 4.98 Å². The second kappa shape index (κ2) is 2.01. The molecule has 0 bridgehead atoms. The van der Waals surface area contributed by atoms with Crippen LogP contribution in [0, 0.1) is 0 Å². The highest BCUT2D eigenvalue weighted by atomic mass is 16.3. The van der Waals surface area contributed by atoms with Crippen LogP contribution >= 0.6 is 0 Å². The van der Waals surface area contributed by atoms with Gasteiger partial charge in [0.15, 0.2) is 0 Å². The summed E-state index contributed by atoms with van der Waals surface area (Å²) in [6, 6.07) is 3.72. The van der Waals surface area contributed by atoms with Crippen molar-refractivity contribution in [3.05, 3.63) is 24.0 Å². The maximum Gasteiger partial charge on any atom is 0.0909 e. The Labute approximate surface area is 48.2 Å². The zero-order valence-corrected chi connectivity index (χ0v) is 4.76. The number of H-pyrrole nitrogens is 1. The molecule has 1 aromatic rings. The van der Waals surface area contributed by atoms with Gasteiger partial charge in [-0.05, 0) is 19.1 Å². The summed E-state index contributed by atoms with van der Waals surface area (Å²) in [7, 11) is 0. The normalized spacial score (nSPS) is 13.8. The van der Waals surface area contributed by atoms with Crippen molar-refractivity contribution in [3.63, 3.8) is 0 Å². The first-order valence-electron chi connectivity index (χ1n) is 2.62. The minimum Gasteiger partial charge on any atom is -0.387 e. The summed E-state index contributed by atoms with van der Waals surface area (Å²) >= 11 is 0. The number of nitrogens with one attached hydrogen (secondary N) is 1. The second-order valence-electron chi connectivity index (χ2n) is 1.80. The third kappa shape index (κ3) is 0.898. The van der Waals surface area contributed by atoms with Gasteiger partial charge in [-0.2, -0.15) is 0 Å². The molecule has 2 N–H and O–H groups in total. The molecule has 2 nitrogen and oxygen atoms in total. The summed E-state index contributed by atoms with van der Waals surface area (Å²) in [5.41, 5.74) is 0.866. The SMILES string of the molecule is C[C@H](O)c1ccc[nH]1. The lowest BCUT2D eigenvalue weighted by Gasteiger charge is -1.96. The van der Waals surface area contributed by atoms with Gasteiger partial charge < -0.3 is 10.1 Å². The van der Waals surface area contributed by atoms with Crippen molar-refractivity contribution in [1.29, 1.82) is 0 Å². The molecule has 1 heterocycles. The average Bonchev–Trinajstić information content (AvgIpc) is 2.12. The van der Waals surface area contributed by atoms with E-state index in [0.29, 0.717) is 0 Å². The van der Waals surface area contributed by atoms with Crippen molar-refractivity contribution in [2.75, 3.05) is 0 Å². The van der Waals surface area contributed by atoms with Crippen molar-refractivity contribution < 1.29 is 5.11 Å². The third-order valence-electron chi connectivity index (χ3n) is 1.07. The Morgan fingerprint density at radius 1 is 1.75 bits per heavy atom. The monoisotopic (exact) mass is 111 g/mol. The van der Waals surface area contributed by atoms with Crippen LogP contribution in [-0.2, 0) is 0 Å². The number of aliphatic hydroxyl groups is 1. The van der Waals surface area contributed by atoms with Crippen molar-refractivity contribution in [2.24, 2.45) is 0 Å². The van der Waals surface area contributed by atoms with E-state index in [0.717, 1.165) is 5.69 Å². The lowest BCUT2D eigenvalue weighted by molar-refractivity contribution is 0.195. The van der Waals surface area contributed by atoms with Crippen LogP contribution in [0.1, 0.15) is 18.7 Å². The largest absolute Gasteiger partial charge is 0.387 e. The van der Waals surface area contributed by atoms with E-state index in [1.165, 1.54) is 0 Å². The van der Waals surface area contributed by atoms with E-state index in [9.17, 15) is 0 Å². The van der Waals surface area contributed by atoms with Crippen molar-refractivity contribution in [1.82, 2.24) is 4.98 Å². The lowest BCUT2D eigenvalue weighted by Crippen LogP contribution is -1.88. The predicted molar refractivity (Wildman–Crippen MR) is 31.4 cm³/mol. The molecule has 0 saturated heterocycles. The van der Waals surface area contributed by atoms with Crippen molar-refractivity contribution >= 4 is 0 Å². The highest BCUT2D eigenvalue weighted by molar-refractivity contribution is 5.05. The highest BCUT2D eigenvalue weighted by Crippen LogP contribution is 2.06. The molecule has 0 aromatic carbocycles. The Morgan fingerprint density at radius 2 is 2.50 bits per heavy atom. The van der Waals surface area contributed by atoms with E-state index >= 15 is 0 Å². The van der Waals surface area contributed by atoms with Crippen LogP contribution in [0.15, 0.2) is 18.3 Å². The van der Waals surface area contributed by atoms with Gasteiger partial charge in [0.25, 0.3) is 0 Å². The second-order valence-corrected chi connectivity index (χ2v) is 1.80. The van der Waals surface area contributed by atoms with Crippen LogP contribution in [0.4, 0.5) is 0 Å². The Morgan fingerprint density at radius 3 is 2.75 bits per heavy atom. The molecule has 1 rings (SSSR count). The fraction of sp³-hybridized carbons (Fsp3) is 0.333. The van der Waals surface area contributed by atoms with Gasteiger partial charge in [-0.25, -0.2) is 0 Å². The Kier molecular flexibility index (Phi) is 1.35. The van der Waals surface area contributed by atoms with Crippen LogP contribution in [0.2, 0.25) is 0 Å². The van der Waals surface area contributed by atoms with Crippen LogP contribution in [0.25, 0.3) is 0 Å². The molecule has 2 heteroatoms. The molecular weight excluding hydrogens is 102 g/mol. The Hall–Kier alpha value is -0.760. The smallest absolute Gasteiger partial charge is 0.0909 e. The van der Waals surface area contributed by atoms with Crippen LogP contribution in [0.5, 0.6) is 0 Å². The highest BCUT2D eigenvalue weighted by Gasteiger charge is 1.96. The summed E-state index contributed by atoms with van der Waals surface area (Å²) in [6.45, 7) is 1.73. The first-order valence-corrected chi connectivity index (χ1v) is 2.62. The summed E-state index contributed by atoms with van der Waals surface area (Å²) in [5, 5.41) is 8.88. The molecular formula is C6H9NO. The number of aromatic nitrogens is 1. The summed E-state index contributed by atoms with van der Waals surface area (Å²) in [4.78, 5) is 2.89. The molecule has 0 spiro atoms. The molecule has 0 unspecified atom stereocenters. The topological polar surface area (TPSA) is 36.0 Å². The lowest BCUT2D eigenvalue weighted by atomic mass is 10.3. The molecule has 0 radical (unpaired) electrons. The fourth-order valence-electron chi connectivity index (χ4n) is 0.604. The maximum atomic E-state index is 8.88. The molecule has 44 valence electrons. The number of rotatable bonds is 1. The van der Waals surface area contributed by atoms with Crippen LogP contribution < -0.4 is 0 Å². The number of aliphatic hydroxyl groups excluding tert-OH is 1. The molecule has 8 heavy (non-hydrogen) atoms. The van der Waals surface area contributed by atoms with Crippen LogP contribution in [0.3, 0.4) is 0 Å². The van der Waals surface area contributed by atoms with E-state index in [4.69, 9.17) is 5.11 Å². The molecule has 0 fully saturated rings. The number of hydrogen-bond acceptors (Lipinski definition) is 1. The molecule has 0 aliphatic rings. The van der Waals surface area contributed by atoms with E-state index in [1.54, 1.807) is 13.1 Å². The molecule has 1 aromatic heterocycles. The summed E-state index contributed by atoms with van der Waals surface area (Å²) in [5.74, 6) is 0. The molecule has 0 aliphatic carbocycles. The Balaban J connectivity index is 2.77. The minimum absolute atomic E-state index is 0.370. The summed E-state index contributed by atoms with van der Waals surface area (Å²) < 4.78 is 0.